The summed E-state index contributed by atoms with van der Waals surface area (Å²) in [6.07, 6.45) is 8.66. The lowest BCUT2D eigenvalue weighted by Crippen LogP contribution is -2.29. The molecule has 1 amide bonds. The second kappa shape index (κ2) is 8.30. The second-order valence-corrected chi connectivity index (χ2v) is 5.79. The molecule has 0 saturated carbocycles. The summed E-state index contributed by atoms with van der Waals surface area (Å²) in [6, 6.07) is 0. The van der Waals surface area contributed by atoms with Crippen LogP contribution in [0.3, 0.4) is 0 Å². The van der Waals surface area contributed by atoms with Crippen LogP contribution in [0.2, 0.25) is 0 Å². The maximum absolute atomic E-state index is 11.8. The molecule has 0 bridgehead atoms. The van der Waals surface area contributed by atoms with Gasteiger partial charge in [-0.1, -0.05) is 25.5 Å². The van der Waals surface area contributed by atoms with Crippen molar-refractivity contribution in [2.45, 2.75) is 52.4 Å². The molecule has 1 rings (SSSR count). The van der Waals surface area contributed by atoms with Crippen molar-refractivity contribution in [2.75, 3.05) is 13.1 Å². The average molecular weight is 252 g/mol. The van der Waals surface area contributed by atoms with E-state index in [4.69, 9.17) is 5.73 Å². The maximum Gasteiger partial charge on any atom is 0.220 e. The van der Waals surface area contributed by atoms with E-state index in [2.05, 4.69) is 25.2 Å². The van der Waals surface area contributed by atoms with Crippen LogP contribution in [-0.4, -0.2) is 19.0 Å². The number of hydrogen-bond acceptors (Lipinski definition) is 2. The van der Waals surface area contributed by atoms with Gasteiger partial charge in [-0.15, -0.1) is 0 Å². The summed E-state index contributed by atoms with van der Waals surface area (Å²) in [5.74, 6) is 1.09. The minimum Gasteiger partial charge on any atom is -0.356 e. The monoisotopic (exact) mass is 252 g/mol. The predicted molar refractivity (Wildman–Crippen MR) is 76.2 cm³/mol. The molecule has 104 valence electrons. The van der Waals surface area contributed by atoms with E-state index in [0.717, 1.165) is 19.4 Å². The zero-order valence-corrected chi connectivity index (χ0v) is 11.9. The molecule has 1 aliphatic rings. The quantitative estimate of drug-likeness (QED) is 0.652. The molecule has 0 spiro atoms. The van der Waals surface area contributed by atoms with Gasteiger partial charge in [0.25, 0.3) is 0 Å². The molecule has 1 atom stereocenters. The Labute approximate surface area is 111 Å². The highest BCUT2D eigenvalue weighted by Gasteiger charge is 2.14. The van der Waals surface area contributed by atoms with E-state index >= 15 is 0 Å². The highest BCUT2D eigenvalue weighted by molar-refractivity contribution is 5.76. The molecule has 0 unspecified atom stereocenters. The third-order valence-corrected chi connectivity index (χ3v) is 3.52. The molecule has 0 aromatic rings. The molecule has 0 aromatic carbocycles. The maximum atomic E-state index is 11.8. The summed E-state index contributed by atoms with van der Waals surface area (Å²) >= 11 is 0. The predicted octanol–water partition coefficient (Wildman–Crippen LogP) is 2.61. The highest BCUT2D eigenvalue weighted by Crippen LogP contribution is 2.19. The van der Waals surface area contributed by atoms with E-state index in [0.29, 0.717) is 24.8 Å². The molecule has 1 aliphatic carbocycles. The molecular weight excluding hydrogens is 224 g/mol. The summed E-state index contributed by atoms with van der Waals surface area (Å²) in [7, 11) is 0. The second-order valence-electron chi connectivity index (χ2n) is 5.79. The van der Waals surface area contributed by atoms with Gasteiger partial charge in [-0.05, 0) is 50.5 Å². The van der Waals surface area contributed by atoms with Crippen LogP contribution in [0.25, 0.3) is 0 Å². The minimum absolute atomic E-state index is 0.157. The van der Waals surface area contributed by atoms with Gasteiger partial charge in [-0.25, -0.2) is 0 Å². The van der Waals surface area contributed by atoms with Gasteiger partial charge in [0.05, 0.1) is 0 Å². The Bertz CT molecular complexity index is 284. The standard InChI is InChI=1S/C15H28N2O/c1-12(2)9-14(11-16)10-15(18)17-8-7-13-5-3-4-6-13/h5,12,14H,3-4,6-11,16H2,1-2H3,(H,17,18)/t14-/m0/s1. The summed E-state index contributed by atoms with van der Waals surface area (Å²) in [5, 5.41) is 3.01. The summed E-state index contributed by atoms with van der Waals surface area (Å²) in [5.41, 5.74) is 7.22. The molecule has 0 aromatic heterocycles. The Morgan fingerprint density at radius 1 is 1.50 bits per heavy atom. The van der Waals surface area contributed by atoms with Gasteiger partial charge in [0.15, 0.2) is 0 Å². The van der Waals surface area contributed by atoms with Crippen LogP contribution in [0.5, 0.6) is 0 Å². The minimum atomic E-state index is 0.157. The highest BCUT2D eigenvalue weighted by atomic mass is 16.1. The van der Waals surface area contributed by atoms with Crippen molar-refractivity contribution in [1.29, 1.82) is 0 Å². The molecule has 0 heterocycles. The molecule has 3 nitrogen and oxygen atoms in total. The van der Waals surface area contributed by atoms with E-state index in [1.807, 2.05) is 0 Å². The Hall–Kier alpha value is -0.830. The molecule has 0 fully saturated rings. The SMILES string of the molecule is CC(C)C[C@H](CN)CC(=O)NCCC1=CCCC1. The lowest BCUT2D eigenvalue weighted by atomic mass is 9.94. The lowest BCUT2D eigenvalue weighted by molar-refractivity contribution is -0.122. The van der Waals surface area contributed by atoms with Crippen LogP contribution >= 0.6 is 0 Å². The first-order valence-corrected chi connectivity index (χ1v) is 7.26. The summed E-state index contributed by atoms with van der Waals surface area (Å²) in [6.45, 7) is 5.74. The van der Waals surface area contributed by atoms with Crippen LogP contribution in [0.15, 0.2) is 11.6 Å². The fourth-order valence-electron chi connectivity index (χ4n) is 2.59. The summed E-state index contributed by atoms with van der Waals surface area (Å²) in [4.78, 5) is 11.8. The number of allylic oxidation sites excluding steroid dienone is 1. The van der Waals surface area contributed by atoms with Crippen molar-refractivity contribution in [3.05, 3.63) is 11.6 Å². The van der Waals surface area contributed by atoms with Crippen molar-refractivity contribution >= 4 is 5.91 Å². The largest absolute Gasteiger partial charge is 0.356 e. The topological polar surface area (TPSA) is 55.1 Å². The summed E-state index contributed by atoms with van der Waals surface area (Å²) < 4.78 is 0. The van der Waals surface area contributed by atoms with Crippen LogP contribution in [0, 0.1) is 11.8 Å². The van der Waals surface area contributed by atoms with E-state index < -0.39 is 0 Å². The Morgan fingerprint density at radius 3 is 2.83 bits per heavy atom. The van der Waals surface area contributed by atoms with Gasteiger partial charge in [0, 0.05) is 13.0 Å². The van der Waals surface area contributed by atoms with Crippen molar-refractivity contribution < 1.29 is 4.79 Å². The first-order chi connectivity index (χ1) is 8.61. The third-order valence-electron chi connectivity index (χ3n) is 3.52. The van der Waals surface area contributed by atoms with Gasteiger partial charge in [-0.2, -0.15) is 0 Å². The average Bonchev–Trinajstić information content (AvgIpc) is 2.80. The molecule has 0 saturated heterocycles. The van der Waals surface area contributed by atoms with Crippen molar-refractivity contribution in [1.82, 2.24) is 5.32 Å². The Morgan fingerprint density at radius 2 is 2.28 bits per heavy atom. The Balaban J connectivity index is 2.15. The van der Waals surface area contributed by atoms with Gasteiger partial charge < -0.3 is 11.1 Å². The van der Waals surface area contributed by atoms with Gasteiger partial charge in [-0.3, -0.25) is 4.79 Å². The van der Waals surface area contributed by atoms with Crippen LogP contribution in [-0.2, 0) is 4.79 Å². The molecule has 3 N–H and O–H groups in total. The van der Waals surface area contributed by atoms with E-state index in [9.17, 15) is 4.79 Å². The first-order valence-electron chi connectivity index (χ1n) is 7.26. The zero-order chi connectivity index (χ0) is 13.4. The molecule has 0 aliphatic heterocycles. The van der Waals surface area contributed by atoms with Gasteiger partial charge in [0.1, 0.15) is 0 Å². The fraction of sp³-hybridized carbons (Fsp3) is 0.800. The third kappa shape index (κ3) is 6.20. The number of hydrogen-bond donors (Lipinski definition) is 2. The lowest BCUT2D eigenvalue weighted by Gasteiger charge is -2.16. The van der Waals surface area contributed by atoms with E-state index in [-0.39, 0.29) is 5.91 Å². The molecular formula is C15H28N2O. The zero-order valence-electron chi connectivity index (χ0n) is 11.9. The fourth-order valence-corrected chi connectivity index (χ4v) is 2.59. The normalized spacial score (nSPS) is 16.8. The van der Waals surface area contributed by atoms with Crippen LogP contribution in [0.1, 0.15) is 52.4 Å². The van der Waals surface area contributed by atoms with Crippen molar-refractivity contribution in [2.24, 2.45) is 17.6 Å². The first kappa shape index (κ1) is 15.2. The van der Waals surface area contributed by atoms with Gasteiger partial charge in [0.2, 0.25) is 5.91 Å². The van der Waals surface area contributed by atoms with E-state index in [1.54, 1.807) is 0 Å². The number of rotatable bonds is 8. The number of carbonyl (C=O) groups is 1. The number of nitrogens with two attached hydrogens (primary N) is 1. The van der Waals surface area contributed by atoms with Crippen LogP contribution < -0.4 is 11.1 Å². The van der Waals surface area contributed by atoms with Crippen molar-refractivity contribution in [3.63, 3.8) is 0 Å². The van der Waals surface area contributed by atoms with Crippen LogP contribution in [0.4, 0.5) is 0 Å². The number of nitrogens with one attached hydrogen (secondary N) is 1. The van der Waals surface area contributed by atoms with E-state index in [1.165, 1.54) is 24.8 Å². The molecule has 3 heteroatoms. The Kier molecular flexibility index (Phi) is 7.02. The molecule has 0 radical (unpaired) electrons. The number of carbonyl (C=O) groups excluding carboxylic acids is 1. The van der Waals surface area contributed by atoms with Gasteiger partial charge >= 0.3 is 0 Å². The number of amides is 1. The molecule has 18 heavy (non-hydrogen) atoms. The van der Waals surface area contributed by atoms with Crippen molar-refractivity contribution in [3.8, 4) is 0 Å². The smallest absolute Gasteiger partial charge is 0.220 e.